The number of primary amides is 1. The molecule has 0 atom stereocenters. The number of ether oxygens (including phenoxy) is 1. The first-order valence-corrected chi connectivity index (χ1v) is 11.5. The Labute approximate surface area is 197 Å². The number of aromatic carboxylic acids is 1. The van der Waals surface area contributed by atoms with Crippen molar-refractivity contribution in [2.24, 2.45) is 11.7 Å². The van der Waals surface area contributed by atoms with Crippen LogP contribution in [0.2, 0.25) is 0 Å². The van der Waals surface area contributed by atoms with Crippen LogP contribution >= 0.6 is 27.3 Å². The minimum absolute atomic E-state index is 0.0138. The molecule has 0 radical (unpaired) electrons. The second-order valence-corrected chi connectivity index (χ2v) is 9.40. The number of carboxylic acid groups (broad SMARTS) is 2. The van der Waals surface area contributed by atoms with Gasteiger partial charge in [0, 0.05) is 32.4 Å². The molecule has 4 N–H and O–H groups in total. The largest absolute Gasteiger partial charge is 0.479 e. The molecule has 2 amide bonds. The number of halogens is 1. The van der Waals surface area contributed by atoms with Gasteiger partial charge in [-0.3, -0.25) is 0 Å². The summed E-state index contributed by atoms with van der Waals surface area (Å²) in [4.78, 5) is 38.2. The first-order valence-electron chi connectivity index (χ1n) is 9.93. The van der Waals surface area contributed by atoms with E-state index in [1.54, 1.807) is 4.90 Å². The smallest absolute Gasteiger partial charge is 0.349 e. The summed E-state index contributed by atoms with van der Waals surface area (Å²) in [5.41, 5.74) is 7.11. The number of likely N-dealkylation sites (tertiary alicyclic amines) is 1. The molecule has 172 valence electrons. The average Bonchev–Trinajstić information content (AvgIpc) is 3.09. The SMILES string of the molecule is CN(CC1CCN(C(N)=O)CC1)c1cccc(-c2sc(C(=O)O)c(OCC(=O)O)c2Br)c1. The maximum absolute atomic E-state index is 11.6. The molecule has 3 rings (SSSR count). The summed E-state index contributed by atoms with van der Waals surface area (Å²) in [6.07, 6.45) is 1.77. The molecular formula is C21H24BrN3O6S. The number of anilines is 1. The fraction of sp³-hybridized carbons (Fsp3) is 0.381. The molecule has 2 heterocycles. The summed E-state index contributed by atoms with van der Waals surface area (Å²) in [6.45, 7) is 1.50. The normalized spacial score (nSPS) is 14.2. The Balaban J connectivity index is 1.78. The van der Waals surface area contributed by atoms with Crippen molar-refractivity contribution < 1.29 is 29.3 Å². The zero-order valence-electron chi connectivity index (χ0n) is 17.4. The fourth-order valence-corrected chi connectivity index (χ4v) is 5.59. The van der Waals surface area contributed by atoms with Gasteiger partial charge in [-0.15, -0.1) is 11.3 Å². The number of carbonyl (C=O) groups is 3. The van der Waals surface area contributed by atoms with E-state index < -0.39 is 18.5 Å². The standard InChI is InChI=1S/C21H24BrN3O6S/c1-24(10-12-5-7-25(8-6-12)21(23)30)14-4-2-3-13(9-14)18-16(22)17(31-11-15(26)27)19(32-18)20(28)29/h2-4,9,12H,5-8,10-11H2,1H3,(H2,23,30)(H,26,27)(H,28,29). The van der Waals surface area contributed by atoms with Crippen molar-refractivity contribution in [1.29, 1.82) is 0 Å². The molecule has 11 heteroatoms. The Morgan fingerprint density at radius 2 is 1.97 bits per heavy atom. The lowest BCUT2D eigenvalue weighted by molar-refractivity contribution is -0.139. The minimum atomic E-state index is -1.19. The summed E-state index contributed by atoms with van der Waals surface area (Å²) >= 11 is 4.41. The molecule has 1 aromatic heterocycles. The number of hydrogen-bond donors (Lipinski definition) is 3. The molecule has 1 fully saturated rings. The van der Waals surface area contributed by atoms with Crippen molar-refractivity contribution in [2.75, 3.05) is 38.2 Å². The third-order valence-electron chi connectivity index (χ3n) is 5.35. The van der Waals surface area contributed by atoms with Crippen LogP contribution in [0, 0.1) is 5.92 Å². The highest BCUT2D eigenvalue weighted by Gasteiger charge is 2.25. The number of rotatable bonds is 8. The van der Waals surface area contributed by atoms with Gasteiger partial charge in [-0.2, -0.15) is 0 Å². The number of thiophene rings is 1. The van der Waals surface area contributed by atoms with Crippen LogP contribution in [0.15, 0.2) is 28.7 Å². The quantitative estimate of drug-likeness (QED) is 0.479. The number of nitrogens with two attached hydrogens (primary N) is 1. The van der Waals surface area contributed by atoms with Crippen molar-refractivity contribution in [3.8, 4) is 16.2 Å². The van der Waals surface area contributed by atoms with Crippen molar-refractivity contribution in [2.45, 2.75) is 12.8 Å². The van der Waals surface area contributed by atoms with Gasteiger partial charge in [-0.05, 0) is 52.4 Å². The van der Waals surface area contributed by atoms with Crippen molar-refractivity contribution >= 4 is 50.9 Å². The zero-order chi connectivity index (χ0) is 23.4. The molecule has 0 bridgehead atoms. The van der Waals surface area contributed by atoms with E-state index in [0.717, 1.165) is 42.0 Å². The zero-order valence-corrected chi connectivity index (χ0v) is 19.8. The minimum Gasteiger partial charge on any atom is -0.479 e. The molecular weight excluding hydrogens is 502 g/mol. The third kappa shape index (κ3) is 5.52. The molecule has 0 aliphatic carbocycles. The Bertz CT molecular complexity index is 1020. The highest BCUT2D eigenvalue weighted by atomic mass is 79.9. The van der Waals surface area contributed by atoms with Gasteiger partial charge >= 0.3 is 18.0 Å². The monoisotopic (exact) mass is 525 g/mol. The van der Waals surface area contributed by atoms with E-state index >= 15 is 0 Å². The second kappa shape index (κ2) is 10.2. The number of benzene rings is 1. The van der Waals surface area contributed by atoms with E-state index in [1.807, 2.05) is 31.3 Å². The van der Waals surface area contributed by atoms with E-state index in [9.17, 15) is 19.5 Å². The maximum atomic E-state index is 11.6. The van der Waals surface area contributed by atoms with Gasteiger partial charge in [-0.1, -0.05) is 12.1 Å². The number of urea groups is 1. The number of hydrogen-bond acceptors (Lipinski definition) is 6. The Morgan fingerprint density at radius 1 is 1.28 bits per heavy atom. The fourth-order valence-electron chi connectivity index (χ4n) is 3.70. The third-order valence-corrected chi connectivity index (χ3v) is 7.58. The second-order valence-electron chi connectivity index (χ2n) is 7.59. The van der Waals surface area contributed by atoms with Crippen molar-refractivity contribution in [3.63, 3.8) is 0 Å². The lowest BCUT2D eigenvalue weighted by Gasteiger charge is -2.33. The number of piperidine rings is 1. The molecule has 1 aliphatic rings. The van der Waals surface area contributed by atoms with Crippen molar-refractivity contribution in [1.82, 2.24) is 4.90 Å². The first kappa shape index (κ1) is 23.9. The van der Waals surface area contributed by atoms with Crippen LogP contribution < -0.4 is 15.4 Å². The molecule has 32 heavy (non-hydrogen) atoms. The lowest BCUT2D eigenvalue weighted by Crippen LogP contribution is -2.43. The van der Waals surface area contributed by atoms with Gasteiger partial charge in [0.2, 0.25) is 0 Å². The van der Waals surface area contributed by atoms with Gasteiger partial charge in [0.25, 0.3) is 0 Å². The molecule has 0 unspecified atom stereocenters. The highest BCUT2D eigenvalue weighted by molar-refractivity contribution is 9.10. The molecule has 1 aromatic carbocycles. The van der Waals surface area contributed by atoms with E-state index in [-0.39, 0.29) is 16.7 Å². The van der Waals surface area contributed by atoms with Crippen molar-refractivity contribution in [3.05, 3.63) is 33.6 Å². The van der Waals surface area contributed by atoms with Gasteiger partial charge in [0.05, 0.1) is 9.35 Å². The summed E-state index contributed by atoms with van der Waals surface area (Å²) < 4.78 is 5.65. The lowest BCUT2D eigenvalue weighted by atomic mass is 9.96. The van der Waals surface area contributed by atoms with Gasteiger partial charge in [-0.25, -0.2) is 14.4 Å². The van der Waals surface area contributed by atoms with E-state index in [4.69, 9.17) is 15.6 Å². The van der Waals surface area contributed by atoms with Crippen LogP contribution in [-0.2, 0) is 4.79 Å². The van der Waals surface area contributed by atoms with Crippen LogP contribution in [0.4, 0.5) is 10.5 Å². The topological polar surface area (TPSA) is 133 Å². The van der Waals surface area contributed by atoms with Gasteiger partial charge < -0.3 is 30.5 Å². The van der Waals surface area contributed by atoms with E-state index in [2.05, 4.69) is 20.8 Å². The van der Waals surface area contributed by atoms with Crippen LogP contribution in [0.3, 0.4) is 0 Å². The summed E-state index contributed by atoms with van der Waals surface area (Å²) in [6, 6.07) is 7.32. The summed E-state index contributed by atoms with van der Waals surface area (Å²) in [5.74, 6) is -1.92. The first-order chi connectivity index (χ1) is 15.2. The number of nitrogens with zero attached hydrogens (tertiary/aromatic N) is 2. The van der Waals surface area contributed by atoms with Gasteiger partial charge in [0.1, 0.15) is 0 Å². The number of carboxylic acids is 2. The molecule has 1 saturated heterocycles. The van der Waals surface area contributed by atoms with Crippen LogP contribution in [0.5, 0.6) is 5.75 Å². The Morgan fingerprint density at radius 3 is 2.56 bits per heavy atom. The van der Waals surface area contributed by atoms with Crippen LogP contribution in [-0.4, -0.2) is 66.4 Å². The predicted octanol–water partition coefficient (Wildman–Crippen LogP) is 3.57. The van der Waals surface area contributed by atoms with Crippen LogP contribution in [0.1, 0.15) is 22.5 Å². The van der Waals surface area contributed by atoms with Gasteiger partial charge in [0.15, 0.2) is 17.2 Å². The number of aliphatic carboxylic acids is 1. The Hall–Kier alpha value is -2.79. The molecule has 0 spiro atoms. The molecule has 2 aromatic rings. The number of amides is 2. The van der Waals surface area contributed by atoms with Crippen LogP contribution in [0.25, 0.3) is 10.4 Å². The Kier molecular flexibility index (Phi) is 7.62. The summed E-state index contributed by atoms with van der Waals surface area (Å²) in [5, 5.41) is 18.4. The molecule has 9 nitrogen and oxygen atoms in total. The molecule has 1 aliphatic heterocycles. The van der Waals surface area contributed by atoms with E-state index in [1.165, 1.54) is 0 Å². The highest BCUT2D eigenvalue weighted by Crippen LogP contribution is 2.46. The predicted molar refractivity (Wildman–Crippen MR) is 125 cm³/mol. The summed E-state index contributed by atoms with van der Waals surface area (Å²) in [7, 11) is 1.99. The molecule has 0 saturated carbocycles. The van der Waals surface area contributed by atoms with E-state index in [0.29, 0.717) is 28.4 Å². The maximum Gasteiger partial charge on any atom is 0.349 e. The average molecular weight is 526 g/mol. The number of carbonyl (C=O) groups excluding carboxylic acids is 1.